The van der Waals surface area contributed by atoms with Crippen molar-refractivity contribution in [1.82, 2.24) is 14.8 Å². The Hall–Kier alpha value is -1.49. The maximum atomic E-state index is 5.73. The van der Waals surface area contributed by atoms with Gasteiger partial charge in [-0.05, 0) is 31.5 Å². The van der Waals surface area contributed by atoms with E-state index in [-0.39, 0.29) is 0 Å². The molecule has 16 heavy (non-hydrogen) atoms. The van der Waals surface area contributed by atoms with Gasteiger partial charge in [0.25, 0.3) is 0 Å². The van der Waals surface area contributed by atoms with Crippen LogP contribution in [0.2, 0.25) is 0 Å². The third-order valence-electron chi connectivity index (χ3n) is 2.29. The first-order valence-corrected chi connectivity index (χ1v) is 5.78. The summed E-state index contributed by atoms with van der Waals surface area (Å²) in [5.41, 5.74) is 8.52. The van der Waals surface area contributed by atoms with Gasteiger partial charge in [0, 0.05) is 7.05 Å². The molecule has 2 heterocycles. The van der Waals surface area contributed by atoms with E-state index in [1.165, 1.54) is 0 Å². The minimum atomic E-state index is 0.727. The number of anilines is 1. The van der Waals surface area contributed by atoms with Crippen LogP contribution in [0.15, 0.2) is 28.4 Å². The molecule has 5 heteroatoms. The second-order valence-corrected chi connectivity index (χ2v) is 4.77. The van der Waals surface area contributed by atoms with Gasteiger partial charge in [0.15, 0.2) is 0 Å². The third kappa shape index (κ3) is 2.19. The second kappa shape index (κ2) is 4.17. The van der Waals surface area contributed by atoms with Crippen molar-refractivity contribution in [2.45, 2.75) is 23.9 Å². The van der Waals surface area contributed by atoms with Crippen molar-refractivity contribution in [2.24, 2.45) is 7.05 Å². The van der Waals surface area contributed by atoms with Gasteiger partial charge in [-0.2, -0.15) is 5.10 Å². The number of nitrogens with two attached hydrogens (primary N) is 1. The Kier molecular flexibility index (Phi) is 2.87. The van der Waals surface area contributed by atoms with E-state index < -0.39 is 0 Å². The molecule has 0 saturated heterocycles. The van der Waals surface area contributed by atoms with E-state index in [1.807, 2.05) is 37.7 Å². The van der Waals surface area contributed by atoms with Gasteiger partial charge in [0.2, 0.25) is 0 Å². The van der Waals surface area contributed by atoms with Gasteiger partial charge in [-0.1, -0.05) is 11.8 Å². The van der Waals surface area contributed by atoms with Crippen LogP contribution >= 0.6 is 11.8 Å². The summed E-state index contributed by atoms with van der Waals surface area (Å²) in [5, 5.41) is 6.31. The van der Waals surface area contributed by atoms with Crippen LogP contribution in [0, 0.1) is 13.8 Å². The topological polar surface area (TPSA) is 56.7 Å². The zero-order chi connectivity index (χ0) is 11.7. The quantitative estimate of drug-likeness (QED) is 0.865. The zero-order valence-electron chi connectivity index (χ0n) is 9.56. The Morgan fingerprint density at radius 2 is 2.06 bits per heavy atom. The molecule has 84 valence electrons. The fourth-order valence-corrected chi connectivity index (χ4v) is 2.34. The van der Waals surface area contributed by atoms with Gasteiger partial charge in [0.05, 0.1) is 17.6 Å². The number of nitrogen functional groups attached to an aromatic ring is 1. The summed E-state index contributed by atoms with van der Waals surface area (Å²) in [6.45, 7) is 3.96. The first-order valence-electron chi connectivity index (χ1n) is 4.97. The van der Waals surface area contributed by atoms with Gasteiger partial charge in [0.1, 0.15) is 10.1 Å². The summed E-state index contributed by atoms with van der Waals surface area (Å²) in [6.07, 6.45) is 1.70. The number of aryl methyl sites for hydroxylation is 3. The molecular weight excluding hydrogens is 220 g/mol. The van der Waals surface area contributed by atoms with Crippen molar-refractivity contribution < 1.29 is 0 Å². The fourth-order valence-electron chi connectivity index (χ4n) is 1.39. The standard InChI is InChI=1S/C11H14N4S/c1-7-4-10(13-6-9(7)12)16-11-5-8(2)14-15(11)3/h4-6H,12H2,1-3H3. The summed E-state index contributed by atoms with van der Waals surface area (Å²) < 4.78 is 1.85. The first-order chi connectivity index (χ1) is 7.56. The van der Waals surface area contributed by atoms with Gasteiger partial charge in [-0.25, -0.2) is 4.98 Å². The van der Waals surface area contributed by atoms with Crippen molar-refractivity contribution in [3.63, 3.8) is 0 Å². The molecule has 0 aliphatic heterocycles. The Labute approximate surface area is 98.9 Å². The molecule has 2 aromatic rings. The molecule has 0 fully saturated rings. The highest BCUT2D eigenvalue weighted by molar-refractivity contribution is 7.99. The first kappa shape index (κ1) is 11.0. The van der Waals surface area contributed by atoms with Crippen LogP contribution < -0.4 is 5.73 Å². The fraction of sp³-hybridized carbons (Fsp3) is 0.273. The molecule has 0 aliphatic rings. The van der Waals surface area contributed by atoms with Crippen LogP contribution in [0.4, 0.5) is 5.69 Å². The number of hydrogen-bond acceptors (Lipinski definition) is 4. The Bertz CT molecular complexity index is 519. The second-order valence-electron chi connectivity index (χ2n) is 3.73. The molecule has 0 radical (unpaired) electrons. The van der Waals surface area contributed by atoms with Crippen LogP contribution in [0.5, 0.6) is 0 Å². The molecule has 0 spiro atoms. The Balaban J connectivity index is 2.27. The Morgan fingerprint density at radius 1 is 1.31 bits per heavy atom. The zero-order valence-corrected chi connectivity index (χ0v) is 10.4. The molecule has 0 amide bonds. The lowest BCUT2D eigenvalue weighted by Gasteiger charge is -2.03. The average Bonchev–Trinajstić information content (AvgIpc) is 2.51. The van der Waals surface area contributed by atoms with E-state index in [1.54, 1.807) is 18.0 Å². The number of rotatable bonds is 2. The smallest absolute Gasteiger partial charge is 0.103 e. The number of hydrogen-bond donors (Lipinski definition) is 1. The van der Waals surface area contributed by atoms with E-state index in [9.17, 15) is 0 Å². The highest BCUT2D eigenvalue weighted by atomic mass is 32.2. The summed E-state index contributed by atoms with van der Waals surface area (Å²) in [6, 6.07) is 4.03. The number of nitrogens with zero attached hydrogens (tertiary/aromatic N) is 3. The molecule has 4 nitrogen and oxygen atoms in total. The minimum Gasteiger partial charge on any atom is -0.397 e. The van der Waals surface area contributed by atoms with Crippen LogP contribution in [0.25, 0.3) is 0 Å². The summed E-state index contributed by atoms with van der Waals surface area (Å²) in [5.74, 6) is 0. The minimum absolute atomic E-state index is 0.727. The highest BCUT2D eigenvalue weighted by Crippen LogP contribution is 2.27. The summed E-state index contributed by atoms with van der Waals surface area (Å²) in [7, 11) is 1.93. The van der Waals surface area contributed by atoms with E-state index in [2.05, 4.69) is 10.1 Å². The van der Waals surface area contributed by atoms with Crippen molar-refractivity contribution in [1.29, 1.82) is 0 Å². The number of pyridine rings is 1. The summed E-state index contributed by atoms with van der Waals surface area (Å²) in [4.78, 5) is 4.28. The van der Waals surface area contributed by atoms with E-state index in [0.717, 1.165) is 27.0 Å². The van der Waals surface area contributed by atoms with Crippen LogP contribution in [-0.2, 0) is 7.05 Å². The van der Waals surface area contributed by atoms with E-state index >= 15 is 0 Å². The molecular formula is C11H14N4S. The van der Waals surface area contributed by atoms with Crippen LogP contribution in [0.1, 0.15) is 11.3 Å². The molecule has 0 unspecified atom stereocenters. The molecule has 2 aromatic heterocycles. The normalized spacial score (nSPS) is 10.7. The predicted molar refractivity (Wildman–Crippen MR) is 65.5 cm³/mol. The molecule has 0 aliphatic carbocycles. The van der Waals surface area contributed by atoms with Gasteiger partial charge in [-0.15, -0.1) is 0 Å². The molecule has 0 saturated carbocycles. The molecule has 0 bridgehead atoms. The SMILES string of the molecule is Cc1cc(Sc2cc(C)c(N)cn2)n(C)n1. The van der Waals surface area contributed by atoms with Crippen LogP contribution in [-0.4, -0.2) is 14.8 Å². The summed E-state index contributed by atoms with van der Waals surface area (Å²) >= 11 is 1.59. The lowest BCUT2D eigenvalue weighted by atomic mass is 10.3. The monoisotopic (exact) mass is 234 g/mol. The maximum absolute atomic E-state index is 5.73. The van der Waals surface area contributed by atoms with Crippen molar-refractivity contribution >= 4 is 17.4 Å². The molecule has 0 aromatic carbocycles. The van der Waals surface area contributed by atoms with Gasteiger partial charge in [-0.3, -0.25) is 4.68 Å². The largest absolute Gasteiger partial charge is 0.397 e. The maximum Gasteiger partial charge on any atom is 0.103 e. The van der Waals surface area contributed by atoms with Gasteiger partial charge < -0.3 is 5.73 Å². The van der Waals surface area contributed by atoms with Crippen LogP contribution in [0.3, 0.4) is 0 Å². The number of aromatic nitrogens is 3. The lowest BCUT2D eigenvalue weighted by Crippen LogP contribution is -1.94. The molecule has 0 atom stereocenters. The van der Waals surface area contributed by atoms with E-state index in [4.69, 9.17) is 5.73 Å². The molecule has 2 N–H and O–H groups in total. The Morgan fingerprint density at radius 3 is 2.62 bits per heavy atom. The van der Waals surface area contributed by atoms with E-state index in [0.29, 0.717) is 0 Å². The van der Waals surface area contributed by atoms with Crippen molar-refractivity contribution in [2.75, 3.05) is 5.73 Å². The highest BCUT2D eigenvalue weighted by Gasteiger charge is 2.06. The van der Waals surface area contributed by atoms with Crippen molar-refractivity contribution in [3.05, 3.63) is 29.6 Å². The van der Waals surface area contributed by atoms with Gasteiger partial charge >= 0.3 is 0 Å². The van der Waals surface area contributed by atoms with Crippen molar-refractivity contribution in [3.8, 4) is 0 Å². The predicted octanol–water partition coefficient (Wildman–Crippen LogP) is 2.17. The average molecular weight is 234 g/mol. The molecule has 2 rings (SSSR count). The lowest BCUT2D eigenvalue weighted by molar-refractivity contribution is 0.692. The third-order valence-corrected chi connectivity index (χ3v) is 3.32.